The fraction of sp³-hybridized carbons (Fsp3) is 0.583. The molecule has 1 aliphatic heterocycles. The van der Waals surface area contributed by atoms with Crippen LogP contribution in [0.4, 0.5) is 0 Å². The first-order valence-corrected chi connectivity index (χ1v) is 11.2. The molecule has 1 aliphatic carbocycles. The zero-order chi connectivity index (χ0) is 20.2. The molecule has 1 amide bonds. The number of aromatic nitrogens is 1. The minimum absolute atomic E-state index is 0.0915. The first-order chi connectivity index (χ1) is 14.1. The van der Waals surface area contributed by atoms with E-state index < -0.39 is 0 Å². The summed E-state index contributed by atoms with van der Waals surface area (Å²) in [6.07, 6.45) is 8.49. The molecule has 1 saturated carbocycles. The van der Waals surface area contributed by atoms with Crippen molar-refractivity contribution < 1.29 is 9.53 Å². The summed E-state index contributed by atoms with van der Waals surface area (Å²) in [4.78, 5) is 31.0. The van der Waals surface area contributed by atoms with Crippen LogP contribution in [0.25, 0.3) is 10.9 Å². The summed E-state index contributed by atoms with van der Waals surface area (Å²) in [6.45, 7) is 3.84. The van der Waals surface area contributed by atoms with Crippen molar-refractivity contribution in [3.8, 4) is 0 Å². The fourth-order valence-corrected chi connectivity index (χ4v) is 4.72. The number of aryl methyl sites for hydroxylation is 1. The van der Waals surface area contributed by atoms with Gasteiger partial charge in [0.25, 0.3) is 5.56 Å². The quantitative estimate of drug-likeness (QED) is 0.797. The van der Waals surface area contributed by atoms with E-state index in [0.29, 0.717) is 18.7 Å². The van der Waals surface area contributed by atoms with Crippen molar-refractivity contribution in [2.75, 3.05) is 13.2 Å². The fourth-order valence-electron chi connectivity index (χ4n) is 4.72. The number of aromatic amines is 1. The SMILES string of the molecule is CCc1ccc2[nH]c(=O)c(CN(C[C@H]3CCCO3)C(=O)C3CCCCC3)cc2c1. The minimum Gasteiger partial charge on any atom is -0.376 e. The van der Waals surface area contributed by atoms with Gasteiger partial charge in [0.1, 0.15) is 0 Å². The van der Waals surface area contributed by atoms with Gasteiger partial charge in [-0.3, -0.25) is 9.59 Å². The normalized spacial score (nSPS) is 20.2. The lowest BCUT2D eigenvalue weighted by Gasteiger charge is -2.31. The zero-order valence-corrected chi connectivity index (χ0v) is 17.4. The first kappa shape index (κ1) is 20.1. The number of nitrogens with one attached hydrogen (secondary N) is 1. The molecule has 29 heavy (non-hydrogen) atoms. The Morgan fingerprint density at radius 2 is 1.97 bits per heavy atom. The molecule has 1 aromatic heterocycles. The Morgan fingerprint density at radius 3 is 2.69 bits per heavy atom. The molecule has 2 aromatic rings. The Hall–Kier alpha value is -2.14. The highest BCUT2D eigenvalue weighted by Gasteiger charge is 2.29. The zero-order valence-electron chi connectivity index (χ0n) is 17.4. The number of pyridine rings is 1. The predicted octanol–water partition coefficient (Wildman–Crippen LogP) is 4.18. The maximum absolute atomic E-state index is 13.3. The Labute approximate surface area is 172 Å². The molecule has 4 rings (SSSR count). The third-order valence-corrected chi connectivity index (χ3v) is 6.47. The highest BCUT2D eigenvalue weighted by molar-refractivity contribution is 5.81. The predicted molar refractivity (Wildman–Crippen MR) is 115 cm³/mol. The molecule has 5 heteroatoms. The molecule has 1 N–H and O–H groups in total. The van der Waals surface area contributed by atoms with Gasteiger partial charge in [-0.05, 0) is 61.3 Å². The van der Waals surface area contributed by atoms with E-state index in [-0.39, 0.29) is 23.5 Å². The van der Waals surface area contributed by atoms with Gasteiger partial charge in [0.05, 0.1) is 12.6 Å². The number of hydrogen-bond donors (Lipinski definition) is 1. The topological polar surface area (TPSA) is 62.4 Å². The lowest BCUT2D eigenvalue weighted by atomic mass is 9.88. The van der Waals surface area contributed by atoms with Crippen LogP contribution in [-0.4, -0.2) is 35.0 Å². The summed E-state index contributed by atoms with van der Waals surface area (Å²) in [6, 6.07) is 8.11. The molecule has 2 aliphatic rings. The number of H-pyrrole nitrogens is 1. The van der Waals surface area contributed by atoms with E-state index in [0.717, 1.165) is 62.5 Å². The second-order valence-electron chi connectivity index (χ2n) is 8.59. The summed E-state index contributed by atoms with van der Waals surface area (Å²) < 4.78 is 5.81. The summed E-state index contributed by atoms with van der Waals surface area (Å²) in [5.74, 6) is 0.290. The summed E-state index contributed by atoms with van der Waals surface area (Å²) >= 11 is 0. The van der Waals surface area contributed by atoms with Crippen molar-refractivity contribution in [3.05, 3.63) is 45.7 Å². The Balaban J connectivity index is 1.60. The van der Waals surface area contributed by atoms with Crippen LogP contribution in [0.1, 0.15) is 63.0 Å². The Morgan fingerprint density at radius 1 is 1.14 bits per heavy atom. The highest BCUT2D eigenvalue weighted by atomic mass is 16.5. The standard InChI is InChI=1S/C24H32N2O3/c1-2-17-10-11-22-19(13-17)14-20(23(27)25-22)15-26(16-21-9-6-12-29-21)24(28)18-7-4-3-5-8-18/h10-11,13-14,18,21H,2-9,12,15-16H2,1H3,(H,25,27)/t21-/m1/s1. The van der Waals surface area contributed by atoms with Gasteiger partial charge in [-0.2, -0.15) is 0 Å². The molecule has 1 saturated heterocycles. The average molecular weight is 397 g/mol. The number of nitrogens with zero attached hydrogens (tertiary/aromatic N) is 1. The van der Waals surface area contributed by atoms with E-state index in [9.17, 15) is 9.59 Å². The van der Waals surface area contributed by atoms with E-state index in [1.165, 1.54) is 12.0 Å². The van der Waals surface area contributed by atoms with Crippen molar-refractivity contribution in [3.63, 3.8) is 0 Å². The summed E-state index contributed by atoms with van der Waals surface area (Å²) in [5, 5.41) is 1.03. The van der Waals surface area contributed by atoms with Crippen LogP contribution in [0, 0.1) is 5.92 Å². The lowest BCUT2D eigenvalue weighted by Crippen LogP contribution is -2.42. The van der Waals surface area contributed by atoms with Crippen LogP contribution in [-0.2, 0) is 22.5 Å². The van der Waals surface area contributed by atoms with Crippen LogP contribution >= 0.6 is 0 Å². The molecule has 0 unspecified atom stereocenters. The number of hydrogen-bond acceptors (Lipinski definition) is 3. The number of carbonyl (C=O) groups excluding carboxylic acids is 1. The van der Waals surface area contributed by atoms with E-state index in [4.69, 9.17) is 4.74 Å². The monoisotopic (exact) mass is 396 g/mol. The first-order valence-electron chi connectivity index (χ1n) is 11.2. The van der Waals surface area contributed by atoms with Gasteiger partial charge in [-0.15, -0.1) is 0 Å². The van der Waals surface area contributed by atoms with Crippen LogP contribution < -0.4 is 5.56 Å². The van der Waals surface area contributed by atoms with E-state index in [1.54, 1.807) is 0 Å². The van der Waals surface area contributed by atoms with Gasteiger partial charge in [-0.1, -0.05) is 32.3 Å². The number of benzene rings is 1. The molecule has 1 atom stereocenters. The molecule has 5 nitrogen and oxygen atoms in total. The van der Waals surface area contributed by atoms with E-state index in [2.05, 4.69) is 18.0 Å². The van der Waals surface area contributed by atoms with Crippen molar-refractivity contribution in [2.24, 2.45) is 5.92 Å². The number of fused-ring (bicyclic) bond motifs is 1. The maximum atomic E-state index is 13.3. The van der Waals surface area contributed by atoms with Gasteiger partial charge >= 0.3 is 0 Å². The Bertz CT molecular complexity index is 908. The second kappa shape index (κ2) is 9.12. The minimum atomic E-state index is -0.101. The maximum Gasteiger partial charge on any atom is 0.253 e. The molecule has 1 aromatic carbocycles. The lowest BCUT2D eigenvalue weighted by molar-refractivity contribution is -0.138. The van der Waals surface area contributed by atoms with Gasteiger partial charge in [0.2, 0.25) is 5.91 Å². The number of carbonyl (C=O) groups is 1. The molecule has 0 bridgehead atoms. The molecule has 0 radical (unpaired) electrons. The van der Waals surface area contributed by atoms with Crippen molar-refractivity contribution in [1.82, 2.24) is 9.88 Å². The van der Waals surface area contributed by atoms with Crippen LogP contribution in [0.3, 0.4) is 0 Å². The third-order valence-electron chi connectivity index (χ3n) is 6.47. The van der Waals surface area contributed by atoms with E-state index in [1.807, 2.05) is 23.1 Å². The smallest absolute Gasteiger partial charge is 0.253 e. The van der Waals surface area contributed by atoms with Gasteiger partial charge in [-0.25, -0.2) is 0 Å². The summed E-state index contributed by atoms with van der Waals surface area (Å²) in [7, 11) is 0. The summed E-state index contributed by atoms with van der Waals surface area (Å²) in [5.41, 5.74) is 2.65. The molecule has 0 spiro atoms. The van der Waals surface area contributed by atoms with Crippen molar-refractivity contribution in [2.45, 2.75) is 70.9 Å². The highest BCUT2D eigenvalue weighted by Crippen LogP contribution is 2.27. The second-order valence-corrected chi connectivity index (χ2v) is 8.59. The number of amides is 1. The van der Waals surface area contributed by atoms with Crippen LogP contribution in [0.15, 0.2) is 29.1 Å². The van der Waals surface area contributed by atoms with Gasteiger partial charge in [0.15, 0.2) is 0 Å². The molecular formula is C24H32N2O3. The molecule has 2 heterocycles. The Kier molecular flexibility index (Phi) is 6.34. The molecule has 2 fully saturated rings. The van der Waals surface area contributed by atoms with Gasteiger partial charge in [0, 0.05) is 30.1 Å². The number of ether oxygens (including phenoxy) is 1. The average Bonchev–Trinajstić information content (AvgIpc) is 3.26. The van der Waals surface area contributed by atoms with Gasteiger partial charge < -0.3 is 14.6 Å². The van der Waals surface area contributed by atoms with Crippen LogP contribution in [0.5, 0.6) is 0 Å². The van der Waals surface area contributed by atoms with Crippen LogP contribution in [0.2, 0.25) is 0 Å². The van der Waals surface area contributed by atoms with E-state index >= 15 is 0 Å². The van der Waals surface area contributed by atoms with Crippen molar-refractivity contribution >= 4 is 16.8 Å². The number of rotatable bonds is 6. The largest absolute Gasteiger partial charge is 0.376 e. The molecule has 156 valence electrons. The third kappa shape index (κ3) is 4.72. The van der Waals surface area contributed by atoms with Crippen molar-refractivity contribution in [1.29, 1.82) is 0 Å². The molecular weight excluding hydrogens is 364 g/mol.